The minimum atomic E-state index is -0.647. The van der Waals surface area contributed by atoms with E-state index in [0.29, 0.717) is 12.4 Å². The van der Waals surface area contributed by atoms with Crippen LogP contribution in [0.25, 0.3) is 6.08 Å². The third-order valence-corrected chi connectivity index (χ3v) is 6.63. The Balaban J connectivity index is 1.31. The molecule has 5 aromatic rings. The van der Waals surface area contributed by atoms with Gasteiger partial charge < -0.3 is 18.9 Å². The first kappa shape index (κ1) is 29.9. The first-order valence-electron chi connectivity index (χ1n) is 14.2. The predicted octanol–water partition coefficient (Wildman–Crippen LogP) is 8.25. The molecule has 0 heterocycles. The molecule has 0 aliphatic carbocycles. The summed E-state index contributed by atoms with van der Waals surface area (Å²) >= 11 is 0. The maximum atomic E-state index is 12.9. The molecule has 0 amide bonds. The number of hydrogen-bond donors (Lipinski definition) is 0. The van der Waals surface area contributed by atoms with Crippen molar-refractivity contribution in [3.63, 3.8) is 0 Å². The lowest BCUT2D eigenvalue weighted by atomic mass is 10.1. The fourth-order valence-electron chi connectivity index (χ4n) is 4.39. The van der Waals surface area contributed by atoms with E-state index in [1.165, 1.54) is 13.0 Å². The fraction of sp³-hybridized carbons (Fsp3) is 0.105. The highest BCUT2D eigenvalue weighted by molar-refractivity contribution is 6.01. The Bertz CT molecular complexity index is 1700. The SMILES string of the molecule is CC(=O)c1c(OCc2ccccc2)cc(OCc2ccccc2)cc1OC(=O)/C=C/c1ccc(OCc2ccccc2)cc1. The Morgan fingerprint density at radius 3 is 1.57 bits per heavy atom. The Kier molecular flexibility index (Phi) is 10.2. The van der Waals surface area contributed by atoms with E-state index in [9.17, 15) is 9.59 Å². The average Bonchev–Trinajstić information content (AvgIpc) is 3.06. The third kappa shape index (κ3) is 8.69. The van der Waals surface area contributed by atoms with Crippen LogP contribution in [0.5, 0.6) is 23.0 Å². The van der Waals surface area contributed by atoms with Crippen molar-refractivity contribution in [2.24, 2.45) is 0 Å². The molecule has 5 rings (SSSR count). The van der Waals surface area contributed by atoms with E-state index >= 15 is 0 Å². The molecule has 220 valence electrons. The largest absolute Gasteiger partial charge is 0.489 e. The maximum absolute atomic E-state index is 12.9. The number of benzene rings is 5. The number of esters is 1. The molecule has 0 radical (unpaired) electrons. The van der Waals surface area contributed by atoms with E-state index in [-0.39, 0.29) is 36.1 Å². The summed E-state index contributed by atoms with van der Waals surface area (Å²) in [4.78, 5) is 25.7. The van der Waals surface area contributed by atoms with E-state index in [1.54, 1.807) is 18.2 Å². The molecule has 44 heavy (non-hydrogen) atoms. The van der Waals surface area contributed by atoms with Gasteiger partial charge in [-0.05, 0) is 47.4 Å². The predicted molar refractivity (Wildman–Crippen MR) is 170 cm³/mol. The van der Waals surface area contributed by atoms with Gasteiger partial charge in [-0.1, -0.05) is 103 Å². The van der Waals surface area contributed by atoms with E-state index in [1.807, 2.05) is 115 Å². The van der Waals surface area contributed by atoms with Crippen LogP contribution in [0, 0.1) is 0 Å². The molecule has 0 spiro atoms. The van der Waals surface area contributed by atoms with Gasteiger partial charge >= 0.3 is 5.97 Å². The topological polar surface area (TPSA) is 71.1 Å². The summed E-state index contributed by atoms with van der Waals surface area (Å²) in [6.45, 7) is 2.38. The van der Waals surface area contributed by atoms with Crippen LogP contribution >= 0.6 is 0 Å². The lowest BCUT2D eigenvalue weighted by molar-refractivity contribution is -0.128. The highest BCUT2D eigenvalue weighted by atomic mass is 16.5. The van der Waals surface area contributed by atoms with E-state index in [0.717, 1.165) is 28.0 Å². The van der Waals surface area contributed by atoms with Gasteiger partial charge in [0, 0.05) is 18.2 Å². The minimum absolute atomic E-state index is 0.0606. The Morgan fingerprint density at radius 1 is 0.568 bits per heavy atom. The molecule has 0 saturated carbocycles. The molecule has 5 aromatic carbocycles. The van der Waals surface area contributed by atoms with Crippen molar-refractivity contribution in [3.05, 3.63) is 161 Å². The molecule has 0 aromatic heterocycles. The van der Waals surface area contributed by atoms with Crippen LogP contribution in [0.2, 0.25) is 0 Å². The normalized spacial score (nSPS) is 10.8. The van der Waals surface area contributed by atoms with Crippen LogP contribution in [0.1, 0.15) is 39.5 Å². The van der Waals surface area contributed by atoms with Crippen LogP contribution in [0.15, 0.2) is 133 Å². The highest BCUT2D eigenvalue weighted by Crippen LogP contribution is 2.36. The number of Topliss-reactive ketones (excluding diaryl/α,β-unsaturated/α-hetero) is 1. The smallest absolute Gasteiger partial charge is 0.336 e. The lowest BCUT2D eigenvalue weighted by Gasteiger charge is -2.16. The van der Waals surface area contributed by atoms with Gasteiger partial charge in [-0.3, -0.25) is 4.79 Å². The first-order chi connectivity index (χ1) is 21.5. The number of carbonyl (C=O) groups is 2. The summed E-state index contributed by atoms with van der Waals surface area (Å²) in [7, 11) is 0. The second-order valence-electron chi connectivity index (χ2n) is 10.00. The molecule has 0 unspecified atom stereocenters. The zero-order valence-corrected chi connectivity index (χ0v) is 24.3. The van der Waals surface area contributed by atoms with Gasteiger partial charge in [-0.15, -0.1) is 0 Å². The van der Waals surface area contributed by atoms with Crippen molar-refractivity contribution >= 4 is 17.8 Å². The summed E-state index contributed by atoms with van der Waals surface area (Å²) in [5.41, 5.74) is 3.91. The summed E-state index contributed by atoms with van der Waals surface area (Å²) in [5, 5.41) is 0. The van der Waals surface area contributed by atoms with E-state index in [4.69, 9.17) is 18.9 Å². The second-order valence-corrected chi connectivity index (χ2v) is 10.00. The van der Waals surface area contributed by atoms with E-state index < -0.39 is 5.97 Å². The van der Waals surface area contributed by atoms with Crippen molar-refractivity contribution in [1.82, 2.24) is 0 Å². The summed E-state index contributed by atoms with van der Waals surface area (Å²) < 4.78 is 23.6. The number of ether oxygens (including phenoxy) is 4. The average molecular weight is 585 g/mol. The van der Waals surface area contributed by atoms with Gasteiger partial charge in [0.05, 0.1) is 0 Å². The van der Waals surface area contributed by atoms with Gasteiger partial charge in [0.25, 0.3) is 0 Å². The maximum Gasteiger partial charge on any atom is 0.336 e. The van der Waals surface area contributed by atoms with Crippen molar-refractivity contribution in [2.45, 2.75) is 26.7 Å². The number of carbonyl (C=O) groups excluding carboxylic acids is 2. The Hall–Kier alpha value is -5.62. The monoisotopic (exact) mass is 584 g/mol. The summed E-state index contributed by atoms with van der Waals surface area (Å²) in [6.07, 6.45) is 2.95. The van der Waals surface area contributed by atoms with Crippen molar-refractivity contribution in [1.29, 1.82) is 0 Å². The minimum Gasteiger partial charge on any atom is -0.489 e. The fourth-order valence-corrected chi connectivity index (χ4v) is 4.39. The third-order valence-electron chi connectivity index (χ3n) is 6.63. The van der Waals surface area contributed by atoms with Gasteiger partial charge in [0.15, 0.2) is 5.78 Å². The van der Waals surface area contributed by atoms with Crippen molar-refractivity contribution in [2.75, 3.05) is 0 Å². The highest BCUT2D eigenvalue weighted by Gasteiger charge is 2.20. The molecule has 6 heteroatoms. The summed E-state index contributed by atoms with van der Waals surface area (Å²) in [6, 6.07) is 39.8. The molecule has 0 N–H and O–H groups in total. The molecule has 0 aliphatic rings. The second kappa shape index (κ2) is 15.0. The van der Waals surface area contributed by atoms with Crippen molar-refractivity contribution in [3.8, 4) is 23.0 Å². The van der Waals surface area contributed by atoms with Crippen LogP contribution in [0.4, 0.5) is 0 Å². The molecule has 0 aliphatic heterocycles. The Morgan fingerprint density at radius 2 is 1.05 bits per heavy atom. The van der Waals surface area contributed by atoms with Gasteiger partial charge in [-0.2, -0.15) is 0 Å². The quantitative estimate of drug-likeness (QED) is 0.0601. The first-order valence-corrected chi connectivity index (χ1v) is 14.2. The molecule has 0 bridgehead atoms. The molecule has 0 fully saturated rings. The van der Waals surface area contributed by atoms with Crippen LogP contribution in [-0.2, 0) is 24.6 Å². The van der Waals surface area contributed by atoms with Crippen LogP contribution in [0.3, 0.4) is 0 Å². The number of hydrogen-bond acceptors (Lipinski definition) is 6. The summed E-state index contributed by atoms with van der Waals surface area (Å²) in [5.74, 6) is 0.497. The molecule has 0 atom stereocenters. The molecule has 6 nitrogen and oxygen atoms in total. The zero-order chi connectivity index (χ0) is 30.6. The molecular weight excluding hydrogens is 552 g/mol. The van der Waals surface area contributed by atoms with Crippen LogP contribution in [-0.4, -0.2) is 11.8 Å². The number of ketones is 1. The number of rotatable bonds is 13. The van der Waals surface area contributed by atoms with Crippen LogP contribution < -0.4 is 18.9 Å². The van der Waals surface area contributed by atoms with Gasteiger partial charge in [0.1, 0.15) is 48.4 Å². The molecule has 0 saturated heterocycles. The molecular formula is C38H32O6. The Labute approximate surface area is 257 Å². The van der Waals surface area contributed by atoms with E-state index in [2.05, 4.69) is 0 Å². The van der Waals surface area contributed by atoms with Gasteiger partial charge in [-0.25, -0.2) is 4.79 Å². The standard InChI is InChI=1S/C38H32O6/c1-28(39)38-35(43-27-32-15-9-4-10-16-32)23-34(42-26-31-13-7-3-8-14-31)24-36(38)44-37(40)22-19-29-17-20-33(21-18-29)41-25-30-11-5-2-6-12-30/h2-24H,25-27H2,1H3/b22-19+. The zero-order valence-electron chi connectivity index (χ0n) is 24.3. The van der Waals surface area contributed by atoms with Gasteiger partial charge in [0.2, 0.25) is 0 Å². The lowest BCUT2D eigenvalue weighted by Crippen LogP contribution is -2.10. The van der Waals surface area contributed by atoms with Crippen molar-refractivity contribution < 1.29 is 28.5 Å².